The predicted octanol–water partition coefficient (Wildman–Crippen LogP) is 2.20. The molecule has 0 unspecified atom stereocenters. The number of imidazole rings is 1. The maximum Gasteiger partial charge on any atom is 0.232 e. The van der Waals surface area contributed by atoms with Crippen molar-refractivity contribution < 1.29 is 0 Å². The van der Waals surface area contributed by atoms with Gasteiger partial charge in [0, 0.05) is 11.3 Å². The van der Waals surface area contributed by atoms with Crippen LogP contribution in [0.3, 0.4) is 0 Å². The number of nitrogens with zero attached hydrogens (tertiary/aromatic N) is 4. The van der Waals surface area contributed by atoms with Crippen LogP contribution in [0.1, 0.15) is 11.5 Å². The minimum Gasteiger partial charge on any atom is -0.345 e. The molecule has 0 fully saturated rings. The Bertz CT molecular complexity index is 766. The first-order chi connectivity index (χ1) is 8.76. The van der Waals surface area contributed by atoms with E-state index < -0.39 is 0 Å². The molecule has 0 radical (unpaired) electrons. The highest BCUT2D eigenvalue weighted by molar-refractivity contribution is 5.80. The lowest BCUT2D eigenvalue weighted by Crippen LogP contribution is -1.94. The van der Waals surface area contributed by atoms with E-state index in [2.05, 4.69) is 19.9 Å². The first-order valence-corrected chi connectivity index (χ1v) is 5.45. The van der Waals surface area contributed by atoms with E-state index in [1.807, 2.05) is 37.3 Å². The van der Waals surface area contributed by atoms with Crippen LogP contribution in [0.25, 0.3) is 22.3 Å². The number of hydrogen-bond acceptors (Lipinski definition) is 4. The lowest BCUT2D eigenvalue weighted by molar-refractivity contribution is 1.07. The first kappa shape index (κ1) is 10.4. The Morgan fingerprint density at radius 3 is 2.94 bits per heavy atom. The summed E-state index contributed by atoms with van der Waals surface area (Å²) in [5.41, 5.74) is 4.32. The maximum absolute atomic E-state index is 8.88. The highest BCUT2D eigenvalue weighted by Crippen LogP contribution is 2.21. The monoisotopic (exact) mass is 235 g/mol. The van der Waals surface area contributed by atoms with Crippen molar-refractivity contribution in [3.8, 4) is 17.3 Å². The number of nitriles is 1. The molecular weight excluding hydrogens is 226 g/mol. The van der Waals surface area contributed by atoms with Crippen LogP contribution in [-0.4, -0.2) is 19.9 Å². The van der Waals surface area contributed by atoms with Crippen molar-refractivity contribution in [1.82, 2.24) is 19.9 Å². The molecule has 0 bridgehead atoms. The van der Waals surface area contributed by atoms with Gasteiger partial charge >= 0.3 is 0 Å². The minimum atomic E-state index is 0.190. The van der Waals surface area contributed by atoms with Gasteiger partial charge in [-0.2, -0.15) is 5.26 Å². The van der Waals surface area contributed by atoms with Crippen LogP contribution in [0.4, 0.5) is 0 Å². The van der Waals surface area contributed by atoms with Crippen LogP contribution >= 0.6 is 0 Å². The summed E-state index contributed by atoms with van der Waals surface area (Å²) in [4.78, 5) is 15.5. The van der Waals surface area contributed by atoms with E-state index in [9.17, 15) is 0 Å². The number of benzene rings is 1. The average molecular weight is 235 g/mol. The van der Waals surface area contributed by atoms with Crippen LogP contribution in [0, 0.1) is 18.3 Å². The summed E-state index contributed by atoms with van der Waals surface area (Å²) >= 11 is 0. The zero-order valence-corrected chi connectivity index (χ0v) is 9.68. The second-order valence-electron chi connectivity index (χ2n) is 3.96. The summed E-state index contributed by atoms with van der Waals surface area (Å²) in [5, 5.41) is 8.88. The molecule has 1 N–H and O–H groups in total. The number of aryl methyl sites for hydroxylation is 1. The molecule has 2 heterocycles. The fourth-order valence-corrected chi connectivity index (χ4v) is 1.86. The molecule has 0 amide bonds. The van der Waals surface area contributed by atoms with Crippen molar-refractivity contribution in [2.24, 2.45) is 0 Å². The Morgan fingerprint density at radius 1 is 1.22 bits per heavy atom. The van der Waals surface area contributed by atoms with Crippen molar-refractivity contribution in [2.45, 2.75) is 6.92 Å². The highest BCUT2D eigenvalue weighted by Gasteiger charge is 2.06. The zero-order chi connectivity index (χ0) is 12.5. The molecule has 0 saturated heterocycles. The normalized spacial score (nSPS) is 10.4. The van der Waals surface area contributed by atoms with Gasteiger partial charge in [0.2, 0.25) is 5.82 Å². The van der Waals surface area contributed by atoms with Crippen molar-refractivity contribution >= 4 is 11.0 Å². The number of fused-ring (bicyclic) bond motifs is 1. The molecule has 0 aliphatic heterocycles. The summed E-state index contributed by atoms with van der Waals surface area (Å²) in [5.74, 6) is 0.190. The van der Waals surface area contributed by atoms with Crippen LogP contribution in [0.5, 0.6) is 0 Å². The molecule has 3 rings (SSSR count). The molecule has 86 valence electrons. The molecule has 2 aromatic heterocycles. The fourth-order valence-electron chi connectivity index (χ4n) is 1.86. The molecule has 0 atom stereocenters. The second kappa shape index (κ2) is 3.93. The Morgan fingerprint density at radius 2 is 2.11 bits per heavy atom. The quantitative estimate of drug-likeness (QED) is 0.701. The Kier molecular flexibility index (Phi) is 2.27. The third-order valence-corrected chi connectivity index (χ3v) is 2.67. The van der Waals surface area contributed by atoms with E-state index in [0.717, 1.165) is 28.0 Å². The number of H-pyrrole nitrogens is 1. The summed E-state index contributed by atoms with van der Waals surface area (Å²) in [6.07, 6.45) is 1.65. The van der Waals surface area contributed by atoms with Crippen molar-refractivity contribution in [3.63, 3.8) is 0 Å². The minimum absolute atomic E-state index is 0.190. The van der Waals surface area contributed by atoms with Crippen molar-refractivity contribution in [2.75, 3.05) is 0 Å². The number of nitrogens with one attached hydrogen (secondary N) is 1. The first-order valence-electron chi connectivity index (χ1n) is 5.45. The third kappa shape index (κ3) is 1.70. The fraction of sp³-hybridized carbons (Fsp3) is 0.0769. The van der Waals surface area contributed by atoms with Gasteiger partial charge in [-0.05, 0) is 25.1 Å². The van der Waals surface area contributed by atoms with E-state index in [0.29, 0.717) is 0 Å². The molecule has 0 aliphatic rings. The largest absolute Gasteiger partial charge is 0.345 e. The van der Waals surface area contributed by atoms with Gasteiger partial charge in [-0.15, -0.1) is 0 Å². The smallest absolute Gasteiger partial charge is 0.232 e. The van der Waals surface area contributed by atoms with Crippen LogP contribution < -0.4 is 0 Å². The van der Waals surface area contributed by atoms with Gasteiger partial charge < -0.3 is 4.98 Å². The Labute approximate surface area is 103 Å². The number of hydrogen-bond donors (Lipinski definition) is 1. The van der Waals surface area contributed by atoms with E-state index >= 15 is 0 Å². The molecule has 5 heteroatoms. The predicted molar refractivity (Wildman–Crippen MR) is 66.6 cm³/mol. The second-order valence-corrected chi connectivity index (χ2v) is 3.96. The molecule has 3 aromatic rings. The number of rotatable bonds is 1. The number of aromatic amines is 1. The van der Waals surface area contributed by atoms with Gasteiger partial charge in [0.1, 0.15) is 6.07 Å². The van der Waals surface area contributed by atoms with E-state index in [1.54, 1.807) is 6.33 Å². The Balaban J connectivity index is 2.19. The Hall–Kier alpha value is -2.74. The highest BCUT2D eigenvalue weighted by atomic mass is 14.9. The van der Waals surface area contributed by atoms with Gasteiger partial charge in [-0.1, -0.05) is 6.07 Å². The summed E-state index contributed by atoms with van der Waals surface area (Å²) in [7, 11) is 0. The standard InChI is InChI=1S/C13H9N5/c1-8-4-11(18-13(6-14)17-8)9-2-3-10-12(5-9)16-7-15-10/h2-5,7H,1H3,(H,15,16). The zero-order valence-electron chi connectivity index (χ0n) is 9.68. The third-order valence-electron chi connectivity index (χ3n) is 2.67. The molecule has 5 nitrogen and oxygen atoms in total. The lowest BCUT2D eigenvalue weighted by atomic mass is 10.1. The molecule has 0 saturated carbocycles. The molecule has 18 heavy (non-hydrogen) atoms. The maximum atomic E-state index is 8.88. The molecule has 0 aliphatic carbocycles. The molecule has 1 aromatic carbocycles. The van der Waals surface area contributed by atoms with Gasteiger partial charge in [-0.25, -0.2) is 15.0 Å². The summed E-state index contributed by atoms with van der Waals surface area (Å²) in [6, 6.07) is 9.65. The van der Waals surface area contributed by atoms with Crippen molar-refractivity contribution in [3.05, 3.63) is 42.1 Å². The van der Waals surface area contributed by atoms with Crippen LogP contribution in [-0.2, 0) is 0 Å². The van der Waals surface area contributed by atoms with Gasteiger partial charge in [0.05, 0.1) is 23.1 Å². The summed E-state index contributed by atoms with van der Waals surface area (Å²) < 4.78 is 0. The van der Waals surface area contributed by atoms with E-state index in [-0.39, 0.29) is 5.82 Å². The topological polar surface area (TPSA) is 78.2 Å². The van der Waals surface area contributed by atoms with Crippen molar-refractivity contribution in [1.29, 1.82) is 5.26 Å². The van der Waals surface area contributed by atoms with Crippen LogP contribution in [0.15, 0.2) is 30.6 Å². The van der Waals surface area contributed by atoms with Crippen LogP contribution in [0.2, 0.25) is 0 Å². The van der Waals surface area contributed by atoms with E-state index in [4.69, 9.17) is 5.26 Å². The number of aromatic nitrogens is 4. The molecular formula is C13H9N5. The SMILES string of the molecule is Cc1cc(-c2ccc3nc[nH]c3c2)nc(C#N)n1. The van der Waals surface area contributed by atoms with Gasteiger partial charge in [-0.3, -0.25) is 0 Å². The average Bonchev–Trinajstić information content (AvgIpc) is 2.85. The van der Waals surface area contributed by atoms with Gasteiger partial charge in [0.25, 0.3) is 0 Å². The summed E-state index contributed by atoms with van der Waals surface area (Å²) in [6.45, 7) is 1.85. The lowest BCUT2D eigenvalue weighted by Gasteiger charge is -2.02. The van der Waals surface area contributed by atoms with E-state index in [1.165, 1.54) is 0 Å². The molecule has 0 spiro atoms. The van der Waals surface area contributed by atoms with Gasteiger partial charge in [0.15, 0.2) is 0 Å².